The minimum Gasteiger partial charge on any atom is -0.495 e. The van der Waals surface area contributed by atoms with Crippen molar-refractivity contribution in [2.45, 2.75) is 18.9 Å². The van der Waals surface area contributed by atoms with Crippen LogP contribution in [0.25, 0.3) is 0 Å². The van der Waals surface area contributed by atoms with Crippen molar-refractivity contribution in [2.24, 2.45) is 0 Å². The highest BCUT2D eigenvalue weighted by atomic mass is 19.1. The highest BCUT2D eigenvalue weighted by Crippen LogP contribution is 2.26. The minimum absolute atomic E-state index is 0.263. The lowest BCUT2D eigenvalue weighted by Gasteiger charge is -2.24. The summed E-state index contributed by atoms with van der Waals surface area (Å²) in [6.45, 7) is 0.483. The number of nitrogens with one attached hydrogen (secondary N) is 2. The van der Waals surface area contributed by atoms with Crippen LogP contribution in [-0.4, -0.2) is 36.5 Å². The Labute approximate surface area is 150 Å². The molecule has 0 unspecified atom stereocenters. The lowest BCUT2D eigenvalue weighted by atomic mass is 10.2. The first-order valence-corrected chi connectivity index (χ1v) is 8.35. The van der Waals surface area contributed by atoms with Gasteiger partial charge >= 0.3 is 6.03 Å². The van der Waals surface area contributed by atoms with Crippen LogP contribution in [0.15, 0.2) is 48.5 Å². The maximum Gasteiger partial charge on any atom is 0.322 e. The molecule has 0 aliphatic carbocycles. The van der Waals surface area contributed by atoms with Gasteiger partial charge < -0.3 is 20.3 Å². The van der Waals surface area contributed by atoms with Gasteiger partial charge in [0.2, 0.25) is 5.91 Å². The largest absolute Gasteiger partial charge is 0.495 e. The predicted octanol–water partition coefficient (Wildman–Crippen LogP) is 3.47. The topological polar surface area (TPSA) is 70.7 Å². The van der Waals surface area contributed by atoms with E-state index in [2.05, 4.69) is 10.6 Å². The number of amides is 3. The van der Waals surface area contributed by atoms with Crippen LogP contribution in [0.1, 0.15) is 12.8 Å². The van der Waals surface area contributed by atoms with E-state index in [1.54, 1.807) is 18.2 Å². The molecule has 0 aromatic heterocycles. The molecule has 2 aromatic rings. The Kier molecular flexibility index (Phi) is 5.36. The first-order chi connectivity index (χ1) is 12.6. The SMILES string of the molecule is COc1ccccc1NC(=O)[C@H]1CCCN1C(=O)Nc1ccc(F)cc1. The number of nitrogens with zero attached hydrogens (tertiary/aromatic N) is 1. The quantitative estimate of drug-likeness (QED) is 0.880. The first-order valence-electron chi connectivity index (χ1n) is 8.35. The molecule has 0 saturated carbocycles. The van der Waals surface area contributed by atoms with Gasteiger partial charge in [0.25, 0.3) is 0 Å². The molecule has 26 heavy (non-hydrogen) atoms. The number of hydrogen-bond donors (Lipinski definition) is 2. The summed E-state index contributed by atoms with van der Waals surface area (Å²) in [6.07, 6.45) is 1.32. The molecule has 1 aliphatic heterocycles. The van der Waals surface area contributed by atoms with Gasteiger partial charge in [0.1, 0.15) is 17.6 Å². The van der Waals surface area contributed by atoms with Crippen molar-refractivity contribution in [2.75, 3.05) is 24.3 Å². The molecule has 1 heterocycles. The van der Waals surface area contributed by atoms with E-state index in [-0.39, 0.29) is 17.8 Å². The number of ether oxygens (including phenoxy) is 1. The monoisotopic (exact) mass is 357 g/mol. The minimum atomic E-state index is -0.569. The lowest BCUT2D eigenvalue weighted by molar-refractivity contribution is -0.119. The van der Waals surface area contributed by atoms with Gasteiger partial charge in [0, 0.05) is 12.2 Å². The second-order valence-electron chi connectivity index (χ2n) is 5.98. The third-order valence-corrected chi connectivity index (χ3v) is 4.28. The summed E-state index contributed by atoms with van der Waals surface area (Å²) in [5.74, 6) is -0.0827. The third-order valence-electron chi connectivity index (χ3n) is 4.28. The average Bonchev–Trinajstić information content (AvgIpc) is 3.14. The molecule has 3 rings (SSSR count). The first kappa shape index (κ1) is 17.7. The Morgan fingerprint density at radius 3 is 2.58 bits per heavy atom. The van der Waals surface area contributed by atoms with Crippen LogP contribution in [0.5, 0.6) is 5.75 Å². The number of methoxy groups -OCH3 is 1. The Balaban J connectivity index is 1.67. The van der Waals surface area contributed by atoms with Crippen LogP contribution in [0.3, 0.4) is 0 Å². The second-order valence-corrected chi connectivity index (χ2v) is 5.98. The summed E-state index contributed by atoms with van der Waals surface area (Å²) < 4.78 is 18.2. The zero-order valence-electron chi connectivity index (χ0n) is 14.4. The smallest absolute Gasteiger partial charge is 0.322 e. The summed E-state index contributed by atoms with van der Waals surface area (Å²) in [5.41, 5.74) is 1.04. The molecule has 0 radical (unpaired) electrons. The zero-order chi connectivity index (χ0) is 18.5. The van der Waals surface area contributed by atoms with Gasteiger partial charge in [-0.2, -0.15) is 0 Å². The van der Waals surface area contributed by atoms with E-state index in [9.17, 15) is 14.0 Å². The van der Waals surface area contributed by atoms with Gasteiger partial charge in [-0.15, -0.1) is 0 Å². The van der Waals surface area contributed by atoms with Gasteiger partial charge in [-0.05, 0) is 49.2 Å². The molecule has 6 nitrogen and oxygen atoms in total. The van der Waals surface area contributed by atoms with Crippen molar-refractivity contribution < 1.29 is 18.7 Å². The molecule has 136 valence electrons. The number of carbonyl (C=O) groups is 2. The van der Waals surface area contributed by atoms with E-state index in [0.717, 1.165) is 6.42 Å². The second kappa shape index (κ2) is 7.86. The van der Waals surface area contributed by atoms with Crippen LogP contribution in [-0.2, 0) is 4.79 Å². The van der Waals surface area contributed by atoms with E-state index in [1.165, 1.54) is 36.3 Å². The van der Waals surface area contributed by atoms with Gasteiger partial charge in [0.05, 0.1) is 12.8 Å². The number of rotatable bonds is 4. The van der Waals surface area contributed by atoms with E-state index < -0.39 is 6.04 Å². The van der Waals surface area contributed by atoms with Crippen molar-refractivity contribution in [3.63, 3.8) is 0 Å². The maximum atomic E-state index is 13.0. The number of urea groups is 1. The van der Waals surface area contributed by atoms with Crippen molar-refractivity contribution in [3.05, 3.63) is 54.3 Å². The summed E-state index contributed by atoms with van der Waals surface area (Å²) in [6, 6.07) is 11.7. The van der Waals surface area contributed by atoms with Crippen LogP contribution >= 0.6 is 0 Å². The third kappa shape index (κ3) is 3.93. The molecule has 3 amide bonds. The molecule has 0 bridgehead atoms. The van der Waals surface area contributed by atoms with Gasteiger partial charge in [-0.25, -0.2) is 9.18 Å². The number of carbonyl (C=O) groups excluding carboxylic acids is 2. The Bertz CT molecular complexity index is 795. The van der Waals surface area contributed by atoms with Crippen LogP contribution in [0.2, 0.25) is 0 Å². The molecule has 1 atom stereocenters. The molecule has 1 fully saturated rings. The number of halogens is 1. The number of benzene rings is 2. The van der Waals surface area contributed by atoms with E-state index in [4.69, 9.17) is 4.74 Å². The molecule has 2 N–H and O–H groups in total. The molecule has 7 heteroatoms. The number of likely N-dealkylation sites (tertiary alicyclic amines) is 1. The fourth-order valence-corrected chi connectivity index (χ4v) is 2.97. The summed E-state index contributed by atoms with van der Waals surface area (Å²) >= 11 is 0. The number of anilines is 2. The average molecular weight is 357 g/mol. The summed E-state index contributed by atoms with van der Waals surface area (Å²) in [4.78, 5) is 26.7. The fourth-order valence-electron chi connectivity index (χ4n) is 2.97. The molecule has 1 aliphatic rings. The summed E-state index contributed by atoms with van der Waals surface area (Å²) in [5, 5.41) is 5.52. The standard InChI is InChI=1S/C19H20FN3O3/c1-26-17-7-3-2-5-15(17)22-18(24)16-6-4-12-23(16)19(25)21-14-10-8-13(20)9-11-14/h2-3,5,7-11,16H,4,6,12H2,1H3,(H,21,25)(H,22,24)/t16-/m1/s1. The number of para-hydroxylation sites is 2. The van der Waals surface area contributed by atoms with Gasteiger partial charge in [0.15, 0.2) is 0 Å². The van der Waals surface area contributed by atoms with Gasteiger partial charge in [-0.1, -0.05) is 12.1 Å². The molecule has 1 saturated heterocycles. The zero-order valence-corrected chi connectivity index (χ0v) is 14.4. The van der Waals surface area contributed by atoms with Crippen LogP contribution in [0, 0.1) is 5.82 Å². The van der Waals surface area contributed by atoms with Gasteiger partial charge in [-0.3, -0.25) is 4.79 Å². The Morgan fingerprint density at radius 2 is 1.85 bits per heavy atom. The fraction of sp³-hybridized carbons (Fsp3) is 0.263. The maximum absolute atomic E-state index is 13.0. The Hall–Kier alpha value is -3.09. The van der Waals surface area contributed by atoms with Crippen molar-refractivity contribution in [1.29, 1.82) is 0 Å². The predicted molar refractivity (Wildman–Crippen MR) is 96.8 cm³/mol. The van der Waals surface area contributed by atoms with E-state index in [1.807, 2.05) is 6.07 Å². The molecule has 2 aromatic carbocycles. The van der Waals surface area contributed by atoms with Crippen LogP contribution in [0.4, 0.5) is 20.6 Å². The Morgan fingerprint density at radius 1 is 1.12 bits per heavy atom. The highest BCUT2D eigenvalue weighted by molar-refractivity contribution is 6.00. The number of hydrogen-bond acceptors (Lipinski definition) is 3. The van der Waals surface area contributed by atoms with Crippen molar-refractivity contribution >= 4 is 23.3 Å². The van der Waals surface area contributed by atoms with E-state index >= 15 is 0 Å². The highest BCUT2D eigenvalue weighted by Gasteiger charge is 2.34. The van der Waals surface area contributed by atoms with Crippen molar-refractivity contribution in [3.8, 4) is 5.75 Å². The molecular weight excluding hydrogens is 337 g/mol. The normalized spacial score (nSPS) is 16.2. The summed E-state index contributed by atoms with van der Waals surface area (Å²) in [7, 11) is 1.53. The van der Waals surface area contributed by atoms with E-state index in [0.29, 0.717) is 30.1 Å². The molecule has 0 spiro atoms. The van der Waals surface area contributed by atoms with Crippen LogP contribution < -0.4 is 15.4 Å². The molecular formula is C19H20FN3O3. The van der Waals surface area contributed by atoms with Crippen molar-refractivity contribution in [1.82, 2.24) is 4.90 Å². The lowest BCUT2D eigenvalue weighted by Crippen LogP contribution is -2.45.